The van der Waals surface area contributed by atoms with E-state index in [1.54, 1.807) is 0 Å². The van der Waals surface area contributed by atoms with Crippen molar-refractivity contribution in [1.82, 2.24) is 0 Å². The summed E-state index contributed by atoms with van der Waals surface area (Å²) < 4.78 is 0. The van der Waals surface area contributed by atoms with Crippen LogP contribution in [-0.4, -0.2) is 0 Å². The van der Waals surface area contributed by atoms with Gasteiger partial charge in [0.1, 0.15) is 0 Å². The van der Waals surface area contributed by atoms with Crippen LogP contribution in [0.2, 0.25) is 0 Å². The first-order valence-corrected chi connectivity index (χ1v) is 12.3. The molecule has 8 rings (SSSR count). The smallest absolute Gasteiger partial charge is 0.00203 e. The third-order valence-electron chi connectivity index (χ3n) is 7.77. The zero-order chi connectivity index (χ0) is 23.1. The van der Waals surface area contributed by atoms with Gasteiger partial charge in [0, 0.05) is 0 Å². The molecule has 0 aliphatic heterocycles. The van der Waals surface area contributed by atoms with Gasteiger partial charge in [-0.05, 0) is 101 Å². The van der Waals surface area contributed by atoms with Crippen molar-refractivity contribution >= 4 is 64.6 Å². The van der Waals surface area contributed by atoms with E-state index in [0.717, 1.165) is 0 Å². The first kappa shape index (κ1) is 18.9. The maximum atomic E-state index is 2.46. The van der Waals surface area contributed by atoms with Crippen LogP contribution in [0.3, 0.4) is 0 Å². The molecule has 0 amide bonds. The SMILES string of the molecule is Cc1cccc(-c2c3ccccc3cc3cc4c(cc23)c2cccc3ccc5cccc4c5c32)c1. The molecule has 0 aliphatic rings. The first-order chi connectivity index (χ1) is 17.3. The normalized spacial score (nSPS) is 12.1. The van der Waals surface area contributed by atoms with Crippen molar-refractivity contribution in [2.75, 3.05) is 0 Å². The molecule has 0 aliphatic carbocycles. The molecule has 0 heterocycles. The molecule has 0 saturated carbocycles. The third kappa shape index (κ3) is 2.57. The Morgan fingerprint density at radius 1 is 0.371 bits per heavy atom. The van der Waals surface area contributed by atoms with Crippen molar-refractivity contribution in [1.29, 1.82) is 0 Å². The molecule has 0 unspecified atom stereocenters. The lowest BCUT2D eigenvalue weighted by Crippen LogP contribution is -1.90. The van der Waals surface area contributed by atoms with Crippen molar-refractivity contribution < 1.29 is 0 Å². The maximum Gasteiger partial charge on any atom is -0.00203 e. The second-order valence-electron chi connectivity index (χ2n) is 9.83. The predicted octanol–water partition coefficient (Wildman–Crippen LogP) is 10.0. The molecule has 0 bridgehead atoms. The average molecular weight is 443 g/mol. The Labute approximate surface area is 203 Å². The highest BCUT2D eigenvalue weighted by Gasteiger charge is 2.16. The molecule has 0 heteroatoms. The quantitative estimate of drug-likeness (QED) is 0.175. The molecule has 0 saturated heterocycles. The van der Waals surface area contributed by atoms with E-state index in [2.05, 4.69) is 122 Å². The third-order valence-corrected chi connectivity index (χ3v) is 7.77. The first-order valence-electron chi connectivity index (χ1n) is 12.3. The number of hydrogen-bond acceptors (Lipinski definition) is 0. The fraction of sp³-hybridized carbons (Fsp3) is 0.0286. The highest BCUT2D eigenvalue weighted by atomic mass is 14.2. The van der Waals surface area contributed by atoms with Gasteiger partial charge in [-0.2, -0.15) is 0 Å². The second-order valence-corrected chi connectivity index (χ2v) is 9.83. The van der Waals surface area contributed by atoms with Crippen LogP contribution >= 0.6 is 0 Å². The molecule has 0 N–H and O–H groups in total. The minimum atomic E-state index is 1.28. The Kier molecular flexibility index (Phi) is 3.68. The van der Waals surface area contributed by atoms with Gasteiger partial charge in [0.15, 0.2) is 0 Å². The Bertz CT molecular complexity index is 2110. The largest absolute Gasteiger partial charge is 0.0616 e. The van der Waals surface area contributed by atoms with Crippen LogP contribution in [0.1, 0.15) is 5.56 Å². The zero-order valence-electron chi connectivity index (χ0n) is 19.5. The Hall–Kier alpha value is -4.42. The van der Waals surface area contributed by atoms with Gasteiger partial charge in [-0.1, -0.05) is 103 Å². The van der Waals surface area contributed by atoms with E-state index < -0.39 is 0 Å². The fourth-order valence-corrected chi connectivity index (χ4v) is 6.28. The summed E-state index contributed by atoms with van der Waals surface area (Å²) in [7, 11) is 0. The summed E-state index contributed by atoms with van der Waals surface area (Å²) in [5.74, 6) is 0. The van der Waals surface area contributed by atoms with E-state index in [-0.39, 0.29) is 0 Å². The lowest BCUT2D eigenvalue weighted by molar-refractivity contribution is 1.48. The lowest BCUT2D eigenvalue weighted by atomic mass is 9.86. The van der Waals surface area contributed by atoms with Crippen LogP contribution in [-0.2, 0) is 0 Å². The van der Waals surface area contributed by atoms with E-state index in [1.807, 2.05) is 0 Å². The molecule has 0 atom stereocenters. The number of benzene rings is 8. The van der Waals surface area contributed by atoms with Gasteiger partial charge >= 0.3 is 0 Å². The summed E-state index contributed by atoms with van der Waals surface area (Å²) >= 11 is 0. The van der Waals surface area contributed by atoms with Crippen LogP contribution < -0.4 is 0 Å². The topological polar surface area (TPSA) is 0 Å². The maximum absolute atomic E-state index is 2.46. The number of fused-ring (bicyclic) bond motifs is 5. The van der Waals surface area contributed by atoms with E-state index >= 15 is 0 Å². The van der Waals surface area contributed by atoms with Crippen molar-refractivity contribution in [3.63, 3.8) is 0 Å². The molecule has 0 spiro atoms. The molecule has 0 radical (unpaired) electrons. The summed E-state index contributed by atoms with van der Waals surface area (Å²) in [6, 6.07) is 43.0. The van der Waals surface area contributed by atoms with Gasteiger partial charge in [0.05, 0.1) is 0 Å². The molecule has 0 nitrogen and oxygen atoms in total. The monoisotopic (exact) mass is 442 g/mol. The summed E-state index contributed by atoms with van der Waals surface area (Å²) in [5, 5.41) is 15.9. The number of hydrogen-bond donors (Lipinski definition) is 0. The highest BCUT2D eigenvalue weighted by molar-refractivity contribution is 6.35. The van der Waals surface area contributed by atoms with Crippen LogP contribution in [0, 0.1) is 6.92 Å². The second kappa shape index (κ2) is 6.81. The molecule has 8 aromatic carbocycles. The molecule has 35 heavy (non-hydrogen) atoms. The van der Waals surface area contributed by atoms with Crippen molar-refractivity contribution in [3.8, 4) is 11.1 Å². The molecule has 162 valence electrons. The summed E-state index contributed by atoms with van der Waals surface area (Å²) in [4.78, 5) is 0. The van der Waals surface area contributed by atoms with Gasteiger partial charge in [0.2, 0.25) is 0 Å². The predicted molar refractivity (Wildman–Crippen MR) is 153 cm³/mol. The van der Waals surface area contributed by atoms with Gasteiger partial charge in [-0.15, -0.1) is 0 Å². The number of rotatable bonds is 1. The van der Waals surface area contributed by atoms with Crippen LogP contribution in [0.25, 0.3) is 75.8 Å². The Morgan fingerprint density at radius 3 is 1.74 bits per heavy atom. The van der Waals surface area contributed by atoms with Crippen molar-refractivity contribution in [2.45, 2.75) is 6.92 Å². The Balaban J connectivity index is 1.66. The zero-order valence-corrected chi connectivity index (χ0v) is 19.5. The van der Waals surface area contributed by atoms with Gasteiger partial charge in [-0.3, -0.25) is 0 Å². The average Bonchev–Trinajstić information content (AvgIpc) is 2.90. The standard InChI is InChI=1S/C35H22/c1-21-7-4-11-25(17-21)33-27-12-3-2-8-24(27)18-26-19-31-28-13-5-9-22-15-16-23-10-6-14-29(35(23)34(22)28)32(31)20-30(26)33/h2-20H,1H3. The van der Waals surface area contributed by atoms with Gasteiger partial charge < -0.3 is 0 Å². The summed E-state index contributed by atoms with van der Waals surface area (Å²) in [5.41, 5.74) is 3.89. The molecule has 0 fully saturated rings. The minimum absolute atomic E-state index is 1.28. The highest BCUT2D eigenvalue weighted by Crippen LogP contribution is 2.44. The minimum Gasteiger partial charge on any atom is -0.0616 e. The lowest BCUT2D eigenvalue weighted by Gasteiger charge is -2.17. The fourth-order valence-electron chi connectivity index (χ4n) is 6.28. The van der Waals surface area contributed by atoms with Crippen LogP contribution in [0.4, 0.5) is 0 Å². The van der Waals surface area contributed by atoms with Crippen LogP contribution in [0.5, 0.6) is 0 Å². The van der Waals surface area contributed by atoms with E-state index in [1.165, 1.54) is 81.3 Å². The van der Waals surface area contributed by atoms with E-state index in [0.29, 0.717) is 0 Å². The number of aryl methyl sites for hydroxylation is 1. The Morgan fingerprint density at radius 2 is 1.00 bits per heavy atom. The van der Waals surface area contributed by atoms with Gasteiger partial charge in [0.25, 0.3) is 0 Å². The van der Waals surface area contributed by atoms with E-state index in [9.17, 15) is 0 Å². The van der Waals surface area contributed by atoms with Crippen molar-refractivity contribution in [3.05, 3.63) is 121 Å². The van der Waals surface area contributed by atoms with Crippen LogP contribution in [0.15, 0.2) is 115 Å². The van der Waals surface area contributed by atoms with Crippen molar-refractivity contribution in [2.24, 2.45) is 0 Å². The molecular formula is C35H22. The molecule has 8 aromatic rings. The molecular weight excluding hydrogens is 420 g/mol. The van der Waals surface area contributed by atoms with Gasteiger partial charge in [-0.25, -0.2) is 0 Å². The summed E-state index contributed by atoms with van der Waals surface area (Å²) in [6.45, 7) is 2.18. The molecule has 0 aromatic heterocycles. The summed E-state index contributed by atoms with van der Waals surface area (Å²) in [6.07, 6.45) is 0. The van der Waals surface area contributed by atoms with E-state index in [4.69, 9.17) is 0 Å².